The van der Waals surface area contributed by atoms with Crippen LogP contribution in [0.4, 0.5) is 24.5 Å². The van der Waals surface area contributed by atoms with E-state index in [1.54, 1.807) is 6.07 Å². The molecule has 3 rings (SSSR count). The number of hydrogen-bond donors (Lipinski definition) is 3. The fourth-order valence-electron chi connectivity index (χ4n) is 3.82. The molecule has 3 N–H and O–H groups in total. The molecule has 25 heavy (non-hydrogen) atoms. The summed E-state index contributed by atoms with van der Waals surface area (Å²) in [5, 5.41) is 16.2. The van der Waals surface area contributed by atoms with Crippen molar-refractivity contribution >= 4 is 11.4 Å². The summed E-state index contributed by atoms with van der Waals surface area (Å²) in [6.45, 7) is 4.30. The molecular formula is C18H26F3N3O. The summed E-state index contributed by atoms with van der Waals surface area (Å²) in [7, 11) is 1.86. The van der Waals surface area contributed by atoms with Gasteiger partial charge in [-0.25, -0.2) is 0 Å². The summed E-state index contributed by atoms with van der Waals surface area (Å²) < 4.78 is 40.6. The average Bonchev–Trinajstić information content (AvgIpc) is 3.11. The van der Waals surface area contributed by atoms with Gasteiger partial charge in [0, 0.05) is 12.6 Å². The third kappa shape index (κ3) is 3.72. The zero-order valence-electron chi connectivity index (χ0n) is 14.8. The van der Waals surface area contributed by atoms with E-state index in [1.165, 1.54) is 6.07 Å². The van der Waals surface area contributed by atoms with Crippen molar-refractivity contribution in [2.45, 2.75) is 64.1 Å². The van der Waals surface area contributed by atoms with Gasteiger partial charge in [0.15, 0.2) is 0 Å². The Bertz CT molecular complexity index is 633. The van der Waals surface area contributed by atoms with Crippen molar-refractivity contribution in [1.82, 2.24) is 4.90 Å². The molecule has 1 aromatic rings. The van der Waals surface area contributed by atoms with Crippen molar-refractivity contribution in [2.24, 2.45) is 5.92 Å². The van der Waals surface area contributed by atoms with Gasteiger partial charge < -0.3 is 15.7 Å². The third-order valence-electron chi connectivity index (χ3n) is 5.22. The number of fused-ring (bicyclic) bond motifs is 1. The Balaban J connectivity index is 1.88. The molecule has 0 radical (unpaired) electrons. The minimum absolute atomic E-state index is 0.0112. The van der Waals surface area contributed by atoms with Gasteiger partial charge in [-0.05, 0) is 49.9 Å². The molecule has 1 aliphatic heterocycles. The zero-order valence-corrected chi connectivity index (χ0v) is 14.8. The highest BCUT2D eigenvalue weighted by Crippen LogP contribution is 2.43. The molecule has 140 valence electrons. The first-order valence-electron chi connectivity index (χ1n) is 8.82. The zero-order chi connectivity index (χ0) is 18.4. The molecule has 0 saturated heterocycles. The van der Waals surface area contributed by atoms with E-state index in [0.717, 1.165) is 19.3 Å². The van der Waals surface area contributed by atoms with Crippen molar-refractivity contribution in [1.29, 1.82) is 0 Å². The summed E-state index contributed by atoms with van der Waals surface area (Å²) in [5.74, 6) is 0.160. The topological polar surface area (TPSA) is 47.5 Å². The van der Waals surface area contributed by atoms with Gasteiger partial charge >= 0.3 is 6.18 Å². The lowest BCUT2D eigenvalue weighted by Crippen LogP contribution is -2.37. The highest BCUT2D eigenvalue weighted by atomic mass is 19.4. The number of nitrogens with one attached hydrogen (secondary N) is 2. The maximum absolute atomic E-state index is 13.5. The number of benzene rings is 1. The summed E-state index contributed by atoms with van der Waals surface area (Å²) in [6.07, 6.45) is -2.42. The normalized spacial score (nSPS) is 26.0. The molecule has 1 aliphatic carbocycles. The van der Waals surface area contributed by atoms with Crippen LogP contribution in [0, 0.1) is 5.92 Å². The van der Waals surface area contributed by atoms with Crippen molar-refractivity contribution in [3.63, 3.8) is 0 Å². The van der Waals surface area contributed by atoms with Crippen LogP contribution in [0.5, 0.6) is 0 Å². The lowest BCUT2D eigenvalue weighted by atomic mass is 10.0. The number of aliphatic hydroxyl groups is 1. The van der Waals surface area contributed by atoms with Crippen molar-refractivity contribution in [3.8, 4) is 0 Å². The lowest BCUT2D eigenvalue weighted by Gasteiger charge is -2.27. The standard InChI is InChI=1S/C18H26F3N3O/c1-10(2)17-22-13-8-11(7-12(16(13)23-17)18(19,20)21)9-24(3)14-5-4-6-15(14)25/h7-8,10,14-15,17,22-23,25H,4-6,9H2,1-3H3. The van der Waals surface area contributed by atoms with Crippen LogP contribution in [0.15, 0.2) is 12.1 Å². The predicted octanol–water partition coefficient (Wildman–Crippen LogP) is 3.87. The Kier molecular flexibility index (Phi) is 4.90. The van der Waals surface area contributed by atoms with Gasteiger partial charge in [0.25, 0.3) is 0 Å². The van der Waals surface area contributed by atoms with E-state index in [1.807, 2.05) is 25.8 Å². The Morgan fingerprint density at radius 3 is 2.52 bits per heavy atom. The fraction of sp³-hybridized carbons (Fsp3) is 0.667. The molecule has 0 bridgehead atoms. The summed E-state index contributed by atoms with van der Waals surface area (Å²) in [6, 6.07) is 3.03. The van der Waals surface area contributed by atoms with E-state index in [0.29, 0.717) is 17.8 Å². The van der Waals surface area contributed by atoms with Crippen LogP contribution in [0.1, 0.15) is 44.2 Å². The minimum atomic E-state index is -4.41. The molecule has 0 amide bonds. The first-order valence-corrected chi connectivity index (χ1v) is 8.82. The minimum Gasteiger partial charge on any atom is -0.391 e. The smallest absolute Gasteiger partial charge is 0.391 e. The molecule has 1 saturated carbocycles. The van der Waals surface area contributed by atoms with E-state index < -0.39 is 17.8 Å². The Labute approximate surface area is 146 Å². The number of hydrogen-bond acceptors (Lipinski definition) is 4. The van der Waals surface area contributed by atoms with Gasteiger partial charge in [0.05, 0.1) is 29.2 Å². The van der Waals surface area contributed by atoms with Gasteiger partial charge in [-0.3, -0.25) is 4.90 Å². The Hall–Kier alpha value is -1.47. The van der Waals surface area contributed by atoms with Crippen LogP contribution >= 0.6 is 0 Å². The second-order valence-corrected chi connectivity index (χ2v) is 7.55. The van der Waals surface area contributed by atoms with Crippen LogP contribution in [-0.4, -0.2) is 35.4 Å². The SMILES string of the molecule is CC(C)C1Nc2cc(CN(C)C3CCCC3O)cc(C(F)(F)F)c2N1. The third-order valence-corrected chi connectivity index (χ3v) is 5.22. The molecule has 4 nitrogen and oxygen atoms in total. The molecular weight excluding hydrogens is 331 g/mol. The number of rotatable bonds is 4. The molecule has 1 fully saturated rings. The number of halogens is 3. The van der Waals surface area contributed by atoms with Gasteiger partial charge in [-0.2, -0.15) is 13.2 Å². The summed E-state index contributed by atoms with van der Waals surface area (Å²) >= 11 is 0. The maximum atomic E-state index is 13.5. The molecule has 7 heteroatoms. The van der Waals surface area contributed by atoms with Crippen LogP contribution in [-0.2, 0) is 12.7 Å². The number of aliphatic hydroxyl groups excluding tert-OH is 1. The molecule has 3 unspecified atom stereocenters. The second kappa shape index (κ2) is 6.68. The summed E-state index contributed by atoms with van der Waals surface area (Å²) in [5.41, 5.74) is 0.616. The number of likely N-dealkylation sites (N-methyl/N-ethyl adjacent to an activating group) is 1. The molecule has 2 aliphatic rings. The predicted molar refractivity (Wildman–Crippen MR) is 92.4 cm³/mol. The van der Waals surface area contributed by atoms with Crippen LogP contribution in [0.3, 0.4) is 0 Å². The highest BCUT2D eigenvalue weighted by Gasteiger charge is 2.38. The van der Waals surface area contributed by atoms with E-state index in [4.69, 9.17) is 0 Å². The van der Waals surface area contributed by atoms with Crippen molar-refractivity contribution in [3.05, 3.63) is 23.3 Å². The average molecular weight is 357 g/mol. The lowest BCUT2D eigenvalue weighted by molar-refractivity contribution is -0.137. The van der Waals surface area contributed by atoms with Gasteiger partial charge in [0.1, 0.15) is 0 Å². The maximum Gasteiger partial charge on any atom is 0.418 e. The molecule has 0 spiro atoms. The van der Waals surface area contributed by atoms with E-state index in [2.05, 4.69) is 10.6 Å². The van der Waals surface area contributed by atoms with Crippen molar-refractivity contribution < 1.29 is 18.3 Å². The number of alkyl halides is 3. The van der Waals surface area contributed by atoms with E-state index >= 15 is 0 Å². The second-order valence-electron chi connectivity index (χ2n) is 7.55. The van der Waals surface area contributed by atoms with Crippen LogP contribution in [0.2, 0.25) is 0 Å². The first kappa shape index (κ1) is 18.3. The monoisotopic (exact) mass is 357 g/mol. The fourth-order valence-corrected chi connectivity index (χ4v) is 3.82. The largest absolute Gasteiger partial charge is 0.418 e. The highest BCUT2D eigenvalue weighted by molar-refractivity contribution is 5.79. The number of anilines is 2. The molecule has 3 atom stereocenters. The van der Waals surface area contributed by atoms with Crippen molar-refractivity contribution in [2.75, 3.05) is 17.7 Å². The van der Waals surface area contributed by atoms with E-state index in [-0.39, 0.29) is 23.8 Å². The molecule has 1 aromatic carbocycles. The van der Waals surface area contributed by atoms with Gasteiger partial charge in [-0.15, -0.1) is 0 Å². The quantitative estimate of drug-likeness (QED) is 0.766. The first-order chi connectivity index (χ1) is 11.7. The molecule has 0 aromatic heterocycles. The Morgan fingerprint density at radius 2 is 1.96 bits per heavy atom. The van der Waals surface area contributed by atoms with Crippen LogP contribution < -0.4 is 10.6 Å². The Morgan fingerprint density at radius 1 is 1.24 bits per heavy atom. The van der Waals surface area contributed by atoms with E-state index in [9.17, 15) is 18.3 Å². The summed E-state index contributed by atoms with van der Waals surface area (Å²) in [4.78, 5) is 1.96. The van der Waals surface area contributed by atoms with Gasteiger partial charge in [-0.1, -0.05) is 13.8 Å². The number of nitrogens with zero attached hydrogens (tertiary/aromatic N) is 1. The molecule has 1 heterocycles. The van der Waals surface area contributed by atoms with Gasteiger partial charge in [0.2, 0.25) is 0 Å². The van der Waals surface area contributed by atoms with Crippen LogP contribution in [0.25, 0.3) is 0 Å².